The van der Waals surface area contributed by atoms with Gasteiger partial charge in [-0.05, 0) is 65.4 Å². The van der Waals surface area contributed by atoms with Gasteiger partial charge in [0, 0.05) is 0 Å². The summed E-state index contributed by atoms with van der Waals surface area (Å²) in [6, 6.07) is 21.0. The van der Waals surface area contributed by atoms with Crippen molar-refractivity contribution < 1.29 is 0 Å². The molecule has 0 unspecified atom stereocenters. The van der Waals surface area contributed by atoms with Crippen LogP contribution in [0.3, 0.4) is 0 Å². The van der Waals surface area contributed by atoms with Crippen LogP contribution in [-0.4, -0.2) is 0 Å². The summed E-state index contributed by atoms with van der Waals surface area (Å²) >= 11 is 0. The Hall–Kier alpha value is -1.43. The van der Waals surface area contributed by atoms with Crippen molar-refractivity contribution in [3.63, 3.8) is 0 Å². The predicted molar refractivity (Wildman–Crippen MR) is 124 cm³/mol. The maximum Gasteiger partial charge on any atom is -0.0134 e. The van der Waals surface area contributed by atoms with Gasteiger partial charge >= 0.3 is 0 Å². The average Bonchev–Trinajstić information content (AvgIpc) is 2.44. The Morgan fingerprint density at radius 1 is 0.385 bits per heavy atom. The number of benzene rings is 3. The molecule has 3 aromatic rings. The molecule has 0 saturated heterocycles. The SMILES string of the molecule is Br.Cc1cc(C)cc(P(c2cc(C)cc(C)c2)c2cc(C)cc(C)c2)c1. The predicted octanol–water partition coefficient (Wildman–Crippen LogP) is 5.87. The molecule has 2 heteroatoms. The first-order valence-corrected chi connectivity index (χ1v) is 10.2. The molecule has 0 fully saturated rings. The van der Waals surface area contributed by atoms with E-state index in [-0.39, 0.29) is 17.0 Å². The summed E-state index contributed by atoms with van der Waals surface area (Å²) in [7, 11) is -0.543. The highest BCUT2D eigenvalue weighted by Crippen LogP contribution is 2.34. The van der Waals surface area contributed by atoms with Crippen molar-refractivity contribution in [2.45, 2.75) is 41.5 Å². The zero-order chi connectivity index (χ0) is 18.1. The Morgan fingerprint density at radius 3 is 0.769 bits per heavy atom. The van der Waals surface area contributed by atoms with Crippen molar-refractivity contribution in [1.29, 1.82) is 0 Å². The first kappa shape index (κ1) is 20.9. The van der Waals surface area contributed by atoms with Gasteiger partial charge in [0.2, 0.25) is 0 Å². The average molecular weight is 427 g/mol. The number of hydrogen-bond acceptors (Lipinski definition) is 0. The van der Waals surface area contributed by atoms with Crippen LogP contribution in [0, 0.1) is 41.5 Å². The van der Waals surface area contributed by atoms with Gasteiger partial charge in [-0.15, -0.1) is 17.0 Å². The number of rotatable bonds is 3. The van der Waals surface area contributed by atoms with Crippen LogP contribution < -0.4 is 15.9 Å². The van der Waals surface area contributed by atoms with E-state index in [1.165, 1.54) is 49.3 Å². The molecule has 0 aromatic heterocycles. The number of halogens is 1. The Kier molecular flexibility index (Phi) is 6.83. The van der Waals surface area contributed by atoms with Gasteiger partial charge in [-0.2, -0.15) is 0 Å². The Balaban J connectivity index is 0.00000243. The Bertz CT molecular complexity index is 744. The third kappa shape index (κ3) is 4.84. The molecule has 3 aromatic carbocycles. The quantitative estimate of drug-likeness (QED) is 0.459. The molecular weight excluding hydrogens is 399 g/mol. The molecule has 3 rings (SSSR count). The van der Waals surface area contributed by atoms with Crippen molar-refractivity contribution in [3.05, 3.63) is 88.0 Å². The normalized spacial score (nSPS) is 10.7. The van der Waals surface area contributed by atoms with Crippen LogP contribution in [0.2, 0.25) is 0 Å². The fourth-order valence-corrected chi connectivity index (χ4v) is 6.58. The van der Waals surface area contributed by atoms with E-state index in [2.05, 4.69) is 96.1 Å². The van der Waals surface area contributed by atoms with Crippen LogP contribution in [-0.2, 0) is 0 Å². The zero-order valence-corrected chi connectivity index (χ0v) is 19.2. The lowest BCUT2D eigenvalue weighted by atomic mass is 10.1. The second-order valence-electron chi connectivity index (χ2n) is 7.37. The van der Waals surface area contributed by atoms with E-state index in [4.69, 9.17) is 0 Å². The minimum Gasteiger partial charge on any atom is -0.114 e. The Morgan fingerprint density at radius 2 is 0.577 bits per heavy atom. The van der Waals surface area contributed by atoms with Crippen LogP contribution in [0.1, 0.15) is 33.4 Å². The van der Waals surface area contributed by atoms with Crippen molar-refractivity contribution in [1.82, 2.24) is 0 Å². The molecule has 0 saturated carbocycles. The minimum atomic E-state index is -0.543. The van der Waals surface area contributed by atoms with Crippen molar-refractivity contribution in [3.8, 4) is 0 Å². The van der Waals surface area contributed by atoms with Crippen LogP contribution in [0.5, 0.6) is 0 Å². The van der Waals surface area contributed by atoms with E-state index in [1.54, 1.807) is 0 Å². The van der Waals surface area contributed by atoms with Crippen LogP contribution >= 0.6 is 24.9 Å². The van der Waals surface area contributed by atoms with E-state index >= 15 is 0 Å². The highest BCUT2D eigenvalue weighted by atomic mass is 79.9. The monoisotopic (exact) mass is 426 g/mol. The van der Waals surface area contributed by atoms with Gasteiger partial charge in [-0.3, -0.25) is 0 Å². The summed E-state index contributed by atoms with van der Waals surface area (Å²) in [6.07, 6.45) is 0. The summed E-state index contributed by atoms with van der Waals surface area (Å²) in [6.45, 7) is 13.2. The molecular formula is C24H28BrP. The smallest absolute Gasteiger partial charge is 0.0134 e. The van der Waals surface area contributed by atoms with Gasteiger partial charge in [0.1, 0.15) is 0 Å². The van der Waals surface area contributed by atoms with Crippen molar-refractivity contribution in [2.75, 3.05) is 0 Å². The molecule has 0 N–H and O–H groups in total. The number of aryl methyl sites for hydroxylation is 6. The zero-order valence-electron chi connectivity index (χ0n) is 16.6. The summed E-state index contributed by atoms with van der Waals surface area (Å²) < 4.78 is 0. The van der Waals surface area contributed by atoms with Crippen molar-refractivity contribution >= 4 is 40.8 Å². The first-order chi connectivity index (χ1) is 11.8. The van der Waals surface area contributed by atoms with E-state index in [0.29, 0.717) is 0 Å². The molecule has 0 spiro atoms. The van der Waals surface area contributed by atoms with Gasteiger partial charge in [0.05, 0.1) is 0 Å². The summed E-state index contributed by atoms with van der Waals surface area (Å²) in [5.41, 5.74) is 8.06. The fourth-order valence-electron chi connectivity index (χ4n) is 3.69. The van der Waals surface area contributed by atoms with E-state index in [1.807, 2.05) is 0 Å². The molecule has 0 atom stereocenters. The van der Waals surface area contributed by atoms with E-state index < -0.39 is 7.92 Å². The fraction of sp³-hybridized carbons (Fsp3) is 0.250. The summed E-state index contributed by atoms with van der Waals surface area (Å²) in [4.78, 5) is 0. The maximum absolute atomic E-state index is 2.37. The third-order valence-electron chi connectivity index (χ3n) is 4.39. The molecule has 0 heterocycles. The van der Waals surface area contributed by atoms with Crippen molar-refractivity contribution in [2.24, 2.45) is 0 Å². The lowest BCUT2D eigenvalue weighted by Gasteiger charge is -2.22. The topological polar surface area (TPSA) is 0 Å². The standard InChI is InChI=1S/C24H27P.BrH/c1-16-7-17(2)11-22(10-16)25(23-12-18(3)8-19(4)13-23)24-14-20(5)9-21(6)15-24;/h7-15H,1-6H3;1H. The third-order valence-corrected chi connectivity index (χ3v) is 6.72. The highest BCUT2D eigenvalue weighted by molar-refractivity contribution is 8.93. The van der Waals surface area contributed by atoms with Crippen LogP contribution in [0.4, 0.5) is 0 Å². The largest absolute Gasteiger partial charge is 0.114 e. The summed E-state index contributed by atoms with van der Waals surface area (Å²) in [5, 5.41) is 4.34. The molecule has 0 radical (unpaired) electrons. The molecule has 136 valence electrons. The second-order valence-corrected chi connectivity index (χ2v) is 9.59. The second kappa shape index (κ2) is 8.51. The van der Waals surface area contributed by atoms with Crippen LogP contribution in [0.15, 0.2) is 54.6 Å². The molecule has 0 amide bonds. The molecule has 0 aliphatic rings. The lowest BCUT2D eigenvalue weighted by Crippen LogP contribution is -2.22. The van der Waals surface area contributed by atoms with Gasteiger partial charge in [-0.1, -0.05) is 88.0 Å². The van der Waals surface area contributed by atoms with E-state index in [9.17, 15) is 0 Å². The molecule has 0 nitrogen and oxygen atoms in total. The van der Waals surface area contributed by atoms with Gasteiger partial charge in [-0.25, -0.2) is 0 Å². The van der Waals surface area contributed by atoms with Gasteiger partial charge in [0.15, 0.2) is 0 Å². The van der Waals surface area contributed by atoms with Gasteiger partial charge < -0.3 is 0 Å². The maximum atomic E-state index is 2.37. The Labute approximate surface area is 170 Å². The first-order valence-electron chi connectivity index (χ1n) is 8.87. The highest BCUT2D eigenvalue weighted by Gasteiger charge is 2.18. The van der Waals surface area contributed by atoms with Gasteiger partial charge in [0.25, 0.3) is 0 Å². The molecule has 0 bridgehead atoms. The number of hydrogen-bond donors (Lipinski definition) is 0. The minimum absolute atomic E-state index is 0. The molecule has 26 heavy (non-hydrogen) atoms. The molecule has 0 aliphatic heterocycles. The summed E-state index contributed by atoms with van der Waals surface area (Å²) in [5.74, 6) is 0. The lowest BCUT2D eigenvalue weighted by molar-refractivity contribution is 1.39. The van der Waals surface area contributed by atoms with E-state index in [0.717, 1.165) is 0 Å². The molecule has 0 aliphatic carbocycles. The van der Waals surface area contributed by atoms with Crippen LogP contribution in [0.25, 0.3) is 0 Å².